The monoisotopic (exact) mass is 598 g/mol. The van der Waals surface area contributed by atoms with Crippen molar-refractivity contribution in [1.29, 1.82) is 0 Å². The second-order valence-corrected chi connectivity index (χ2v) is 12.8. The molecule has 0 aromatic heterocycles. The summed E-state index contributed by atoms with van der Waals surface area (Å²) in [5, 5.41) is 0. The SMILES string of the molecule is c1ccc(Sc2ccc(-c3ccc(-c4ccccc4)c(-c4ccccc4)c3-c3ccc(Sc4ccccc4)cc3)cc2)cc1. The smallest absolute Gasteiger partial charge is 0.0122 e. The van der Waals surface area contributed by atoms with E-state index in [1.807, 2.05) is 0 Å². The Morgan fingerprint density at radius 1 is 0.227 bits per heavy atom. The van der Waals surface area contributed by atoms with Crippen LogP contribution >= 0.6 is 23.5 Å². The standard InChI is InChI=1S/C42H30S2/c1-5-13-31(14-6-1)39-29-30-40(32-21-25-37(26-22-32)43-35-17-9-3-10-18-35)42(41(39)33-15-7-2-8-16-33)34-23-27-38(28-24-34)44-36-19-11-4-12-20-36/h1-30H. The molecule has 0 amide bonds. The summed E-state index contributed by atoms with van der Waals surface area (Å²) in [6, 6.07) is 65.4. The lowest BCUT2D eigenvalue weighted by molar-refractivity contribution is 1.40. The minimum absolute atomic E-state index is 1.21. The summed E-state index contributed by atoms with van der Waals surface area (Å²) in [5.74, 6) is 0. The van der Waals surface area contributed by atoms with Gasteiger partial charge in [-0.2, -0.15) is 0 Å². The Balaban J connectivity index is 1.38. The molecule has 0 N–H and O–H groups in total. The third kappa shape index (κ3) is 6.28. The molecule has 0 saturated carbocycles. The van der Waals surface area contributed by atoms with Crippen LogP contribution in [0.15, 0.2) is 202 Å². The molecule has 2 heteroatoms. The van der Waals surface area contributed by atoms with Crippen LogP contribution in [0.5, 0.6) is 0 Å². The third-order valence-corrected chi connectivity index (χ3v) is 9.65. The summed E-state index contributed by atoms with van der Waals surface area (Å²) < 4.78 is 0. The first-order valence-electron chi connectivity index (χ1n) is 14.8. The van der Waals surface area contributed by atoms with Crippen molar-refractivity contribution in [2.75, 3.05) is 0 Å². The van der Waals surface area contributed by atoms with Gasteiger partial charge in [0, 0.05) is 19.6 Å². The second kappa shape index (κ2) is 13.3. The Kier molecular flexibility index (Phi) is 8.45. The van der Waals surface area contributed by atoms with E-state index in [0.717, 1.165) is 0 Å². The van der Waals surface area contributed by atoms with Crippen LogP contribution in [0.25, 0.3) is 44.5 Å². The number of rotatable bonds is 8. The van der Waals surface area contributed by atoms with Crippen LogP contribution in [0.1, 0.15) is 0 Å². The van der Waals surface area contributed by atoms with Crippen LogP contribution in [0, 0.1) is 0 Å². The molecule has 210 valence electrons. The van der Waals surface area contributed by atoms with E-state index in [0.29, 0.717) is 0 Å². The van der Waals surface area contributed by atoms with Crippen LogP contribution in [-0.4, -0.2) is 0 Å². The van der Waals surface area contributed by atoms with E-state index in [9.17, 15) is 0 Å². The van der Waals surface area contributed by atoms with Crippen molar-refractivity contribution in [1.82, 2.24) is 0 Å². The average Bonchev–Trinajstić information content (AvgIpc) is 3.10. The molecule has 0 aliphatic heterocycles. The molecule has 7 aromatic rings. The lowest BCUT2D eigenvalue weighted by atomic mass is 9.83. The Morgan fingerprint density at radius 3 is 0.955 bits per heavy atom. The molecule has 0 fully saturated rings. The van der Waals surface area contributed by atoms with Crippen molar-refractivity contribution in [3.63, 3.8) is 0 Å². The van der Waals surface area contributed by atoms with Crippen molar-refractivity contribution in [3.05, 3.63) is 182 Å². The maximum atomic E-state index is 2.30. The molecule has 0 bridgehead atoms. The molecule has 7 rings (SSSR count). The minimum Gasteiger partial charge on any atom is -0.0901 e. The lowest BCUT2D eigenvalue weighted by Crippen LogP contribution is -1.94. The highest BCUT2D eigenvalue weighted by molar-refractivity contribution is 7.99. The highest BCUT2D eigenvalue weighted by atomic mass is 32.2. The maximum absolute atomic E-state index is 2.30. The first-order valence-corrected chi connectivity index (χ1v) is 16.4. The summed E-state index contributed by atoms with van der Waals surface area (Å²) in [6.07, 6.45) is 0. The van der Waals surface area contributed by atoms with Gasteiger partial charge in [-0.3, -0.25) is 0 Å². The maximum Gasteiger partial charge on any atom is 0.0122 e. The van der Waals surface area contributed by atoms with Gasteiger partial charge < -0.3 is 0 Å². The number of benzene rings is 7. The van der Waals surface area contributed by atoms with Crippen LogP contribution in [0.3, 0.4) is 0 Å². The van der Waals surface area contributed by atoms with Crippen LogP contribution in [-0.2, 0) is 0 Å². The van der Waals surface area contributed by atoms with Gasteiger partial charge in [0.2, 0.25) is 0 Å². The van der Waals surface area contributed by atoms with Crippen molar-refractivity contribution >= 4 is 23.5 Å². The lowest BCUT2D eigenvalue weighted by Gasteiger charge is -2.21. The molecule has 0 heterocycles. The van der Waals surface area contributed by atoms with Gasteiger partial charge in [0.25, 0.3) is 0 Å². The Morgan fingerprint density at radius 2 is 0.523 bits per heavy atom. The first kappa shape index (κ1) is 28.0. The normalized spacial score (nSPS) is 10.9. The predicted octanol–water partition coefficient (Wildman–Crippen LogP) is 12.7. The van der Waals surface area contributed by atoms with Gasteiger partial charge in [-0.25, -0.2) is 0 Å². The quantitative estimate of drug-likeness (QED) is 0.171. The van der Waals surface area contributed by atoms with Crippen LogP contribution in [0.2, 0.25) is 0 Å². The highest BCUT2D eigenvalue weighted by Gasteiger charge is 2.19. The molecule has 0 radical (unpaired) electrons. The summed E-state index contributed by atoms with van der Waals surface area (Å²) in [4.78, 5) is 4.94. The largest absolute Gasteiger partial charge is 0.0901 e. The van der Waals surface area contributed by atoms with Crippen molar-refractivity contribution in [2.24, 2.45) is 0 Å². The molecule has 44 heavy (non-hydrogen) atoms. The fourth-order valence-corrected chi connectivity index (χ4v) is 7.22. The molecule has 0 aliphatic carbocycles. The Bertz CT molecular complexity index is 1950. The van der Waals surface area contributed by atoms with Gasteiger partial charge in [0.1, 0.15) is 0 Å². The van der Waals surface area contributed by atoms with E-state index in [1.165, 1.54) is 64.1 Å². The van der Waals surface area contributed by atoms with Gasteiger partial charge in [0.05, 0.1) is 0 Å². The molecule has 0 aliphatic rings. The fraction of sp³-hybridized carbons (Fsp3) is 0. The molecule has 0 saturated heterocycles. The number of hydrogen-bond donors (Lipinski definition) is 0. The molecule has 0 unspecified atom stereocenters. The summed E-state index contributed by atoms with van der Waals surface area (Å²) in [5.41, 5.74) is 9.79. The zero-order chi connectivity index (χ0) is 29.6. The Hall–Kier alpha value is -4.76. The highest BCUT2D eigenvalue weighted by Crippen LogP contribution is 2.46. The van der Waals surface area contributed by atoms with E-state index < -0.39 is 0 Å². The third-order valence-electron chi connectivity index (χ3n) is 7.62. The first-order chi connectivity index (χ1) is 21.8. The Labute approximate surface area is 268 Å². The molecule has 0 spiro atoms. The van der Waals surface area contributed by atoms with E-state index in [-0.39, 0.29) is 0 Å². The van der Waals surface area contributed by atoms with Gasteiger partial charge in [-0.05, 0) is 93.0 Å². The fourth-order valence-electron chi connectivity index (χ4n) is 5.55. The van der Waals surface area contributed by atoms with E-state index in [1.54, 1.807) is 23.5 Å². The van der Waals surface area contributed by atoms with E-state index >= 15 is 0 Å². The van der Waals surface area contributed by atoms with Gasteiger partial charge in [-0.15, -0.1) is 0 Å². The second-order valence-electron chi connectivity index (χ2n) is 10.5. The van der Waals surface area contributed by atoms with Crippen molar-refractivity contribution in [3.8, 4) is 44.5 Å². The van der Waals surface area contributed by atoms with Gasteiger partial charge in [-0.1, -0.05) is 157 Å². The topological polar surface area (TPSA) is 0 Å². The molecule has 7 aromatic carbocycles. The van der Waals surface area contributed by atoms with Crippen molar-refractivity contribution < 1.29 is 0 Å². The molecule has 0 nitrogen and oxygen atoms in total. The summed E-state index contributed by atoms with van der Waals surface area (Å²) in [7, 11) is 0. The minimum atomic E-state index is 1.21. The molecular weight excluding hydrogens is 569 g/mol. The summed E-state index contributed by atoms with van der Waals surface area (Å²) >= 11 is 3.58. The van der Waals surface area contributed by atoms with Gasteiger partial charge in [0.15, 0.2) is 0 Å². The molecule has 0 atom stereocenters. The molecular formula is C42H30S2. The van der Waals surface area contributed by atoms with Crippen LogP contribution < -0.4 is 0 Å². The predicted molar refractivity (Wildman–Crippen MR) is 189 cm³/mol. The summed E-state index contributed by atoms with van der Waals surface area (Å²) in [6.45, 7) is 0. The van der Waals surface area contributed by atoms with E-state index in [4.69, 9.17) is 0 Å². The van der Waals surface area contributed by atoms with E-state index in [2.05, 4.69) is 182 Å². The zero-order valence-corrected chi connectivity index (χ0v) is 25.8. The number of hydrogen-bond acceptors (Lipinski definition) is 2. The average molecular weight is 599 g/mol. The zero-order valence-electron chi connectivity index (χ0n) is 24.1. The van der Waals surface area contributed by atoms with Crippen molar-refractivity contribution in [2.45, 2.75) is 19.6 Å². The van der Waals surface area contributed by atoms with Gasteiger partial charge >= 0.3 is 0 Å². The van der Waals surface area contributed by atoms with Crippen LogP contribution in [0.4, 0.5) is 0 Å².